The molecule has 1 amide bonds. The van der Waals surface area contributed by atoms with E-state index >= 15 is 0 Å². The second-order valence-corrected chi connectivity index (χ2v) is 4.77. The predicted molar refractivity (Wildman–Crippen MR) is 87.4 cm³/mol. The number of carbonyl (C=O) groups is 1. The topological polar surface area (TPSA) is 93.9 Å². The predicted octanol–water partition coefficient (Wildman–Crippen LogP) is 3.31. The Morgan fingerprint density at radius 1 is 1.43 bits per heavy atom. The Balaban J connectivity index is 0.00000127. The molecule has 1 saturated heterocycles. The molecule has 1 aliphatic rings. The van der Waals surface area contributed by atoms with E-state index in [-0.39, 0.29) is 5.91 Å². The molecule has 0 radical (unpaired) electrons. The minimum Gasteiger partial charge on any atom is -0.316 e. The smallest absolute Gasteiger partial charge is 0.259 e. The molecule has 2 N–H and O–H groups in total. The highest BCUT2D eigenvalue weighted by atomic mass is 16.5. The first kappa shape index (κ1) is 18.3. The largest absolute Gasteiger partial charge is 0.316 e. The molecular weight excluding hydrogens is 294 g/mol. The monoisotopic (exact) mass is 317 g/mol. The molecule has 1 aliphatic heterocycles. The zero-order valence-corrected chi connectivity index (χ0v) is 13.6. The van der Waals surface area contributed by atoms with Crippen LogP contribution in [-0.4, -0.2) is 34.0 Å². The van der Waals surface area contributed by atoms with Gasteiger partial charge in [-0.15, -0.1) is 0 Å². The molecule has 0 aliphatic carbocycles. The van der Waals surface area contributed by atoms with Crippen molar-refractivity contribution in [2.75, 3.05) is 6.54 Å². The zero-order valence-electron chi connectivity index (χ0n) is 13.6. The number of carbonyl (C=O) groups excluding carboxylic acids is 1. The van der Waals surface area contributed by atoms with Crippen LogP contribution in [0.25, 0.3) is 0 Å². The fraction of sp³-hybridized carbons (Fsp3) is 0.375. The van der Waals surface area contributed by atoms with Crippen molar-refractivity contribution in [1.29, 1.82) is 5.53 Å². The van der Waals surface area contributed by atoms with Crippen molar-refractivity contribution in [2.24, 2.45) is 5.11 Å². The number of allylic oxidation sites excluding steroid dienone is 1. The summed E-state index contributed by atoms with van der Waals surface area (Å²) in [6, 6.07) is 4.99. The lowest BCUT2D eigenvalue weighted by molar-refractivity contribution is -0.706. The molecule has 0 atom stereocenters. The molecule has 1 heterocycles. The minimum atomic E-state index is 0.0685. The number of rotatable bonds is 5. The van der Waals surface area contributed by atoms with Crippen LogP contribution in [0.5, 0.6) is 0 Å². The molecule has 23 heavy (non-hydrogen) atoms. The van der Waals surface area contributed by atoms with Crippen molar-refractivity contribution in [1.82, 2.24) is 9.81 Å². The van der Waals surface area contributed by atoms with Crippen LogP contribution in [-0.2, 0) is 11.2 Å². The highest BCUT2D eigenvalue weighted by Gasteiger charge is 2.24. The maximum Gasteiger partial charge on any atom is 0.259 e. The molecule has 1 aromatic rings. The van der Waals surface area contributed by atoms with Gasteiger partial charge in [-0.1, -0.05) is 20.4 Å². The molecule has 7 heteroatoms. The average Bonchev–Trinajstić information content (AvgIpc) is 2.86. The summed E-state index contributed by atoms with van der Waals surface area (Å²) in [7, 11) is 0. The van der Waals surface area contributed by atoms with Gasteiger partial charge >= 0.3 is 0 Å². The Morgan fingerprint density at radius 3 is 2.65 bits per heavy atom. The van der Waals surface area contributed by atoms with Crippen LogP contribution in [0.3, 0.4) is 0 Å². The summed E-state index contributed by atoms with van der Waals surface area (Å²) in [5.74, 6) is 0.0685. The second kappa shape index (κ2) is 8.60. The van der Waals surface area contributed by atoms with Gasteiger partial charge in [0, 0.05) is 35.0 Å². The van der Waals surface area contributed by atoms with E-state index in [1.54, 1.807) is 23.1 Å². The maximum absolute atomic E-state index is 11.7. The fourth-order valence-electron chi connectivity index (χ4n) is 2.36. The molecule has 122 valence electrons. The van der Waals surface area contributed by atoms with Crippen molar-refractivity contribution in [3.63, 3.8) is 0 Å². The Hall–Kier alpha value is -2.79. The number of nitrogens with one attached hydrogen (secondary N) is 1. The Morgan fingerprint density at radius 2 is 2.13 bits per heavy atom. The quantitative estimate of drug-likeness (QED) is 0.218. The zero-order chi connectivity index (χ0) is 17.4. The lowest BCUT2D eigenvalue weighted by Crippen LogP contribution is -2.25. The van der Waals surface area contributed by atoms with Crippen LogP contribution in [0.2, 0.25) is 0 Å². The van der Waals surface area contributed by atoms with Gasteiger partial charge in [-0.3, -0.25) is 10.0 Å². The van der Waals surface area contributed by atoms with Crippen LogP contribution >= 0.6 is 0 Å². The highest BCUT2D eigenvalue weighted by molar-refractivity contribution is 5.81. The van der Waals surface area contributed by atoms with Crippen LogP contribution < -0.4 is 4.91 Å². The van der Waals surface area contributed by atoms with E-state index < -0.39 is 0 Å². The van der Waals surface area contributed by atoms with Crippen molar-refractivity contribution < 1.29 is 14.7 Å². The number of hydrogen-bond donors (Lipinski definition) is 2. The molecule has 2 rings (SSSR count). The van der Waals surface area contributed by atoms with Gasteiger partial charge in [-0.05, 0) is 25.0 Å². The summed E-state index contributed by atoms with van der Waals surface area (Å²) < 4.78 is 0.775. The molecule has 1 fully saturated rings. The average molecular weight is 317 g/mol. The number of hydrogen-bond acceptors (Lipinski definition) is 4. The van der Waals surface area contributed by atoms with Crippen LogP contribution in [0.15, 0.2) is 35.6 Å². The molecule has 7 nitrogen and oxygen atoms in total. The van der Waals surface area contributed by atoms with Gasteiger partial charge in [-0.2, -0.15) is 0 Å². The van der Waals surface area contributed by atoms with Crippen LogP contribution in [0, 0.1) is 5.53 Å². The van der Waals surface area contributed by atoms with Crippen molar-refractivity contribution in [3.8, 4) is 0 Å². The number of amides is 1. The van der Waals surface area contributed by atoms with E-state index in [9.17, 15) is 10.0 Å². The minimum absolute atomic E-state index is 0.0685. The van der Waals surface area contributed by atoms with E-state index in [1.807, 2.05) is 13.8 Å². The third-order valence-corrected chi connectivity index (χ3v) is 3.42. The van der Waals surface area contributed by atoms with E-state index in [0.717, 1.165) is 16.0 Å². The molecule has 0 saturated carbocycles. The first-order chi connectivity index (χ1) is 11.0. The van der Waals surface area contributed by atoms with Crippen molar-refractivity contribution in [3.05, 3.63) is 36.0 Å². The summed E-state index contributed by atoms with van der Waals surface area (Å²) in [4.78, 5) is 16.4. The van der Waals surface area contributed by atoms with Gasteiger partial charge in [0.15, 0.2) is 17.5 Å². The van der Waals surface area contributed by atoms with Gasteiger partial charge in [0.25, 0.3) is 5.69 Å². The Bertz CT molecular complexity index is 646. The van der Waals surface area contributed by atoms with Gasteiger partial charge in [0.1, 0.15) is 5.53 Å². The second-order valence-electron chi connectivity index (χ2n) is 4.77. The molecule has 0 bridgehead atoms. The Labute approximate surface area is 135 Å². The van der Waals surface area contributed by atoms with Crippen LogP contribution in [0.4, 0.5) is 11.4 Å². The molecule has 0 spiro atoms. The first-order valence-electron chi connectivity index (χ1n) is 7.51. The van der Waals surface area contributed by atoms with Crippen LogP contribution in [0.1, 0.15) is 32.3 Å². The van der Waals surface area contributed by atoms with Gasteiger partial charge < -0.3 is 4.90 Å². The van der Waals surface area contributed by atoms with E-state index in [0.29, 0.717) is 37.2 Å². The SMILES string of the molecule is C=C1CCC(=O)N1CCc1cc(N=[N+]=N)ccc1[N+](=C)O.CC. The molecular formula is C16H23N5O2+2. The van der Waals surface area contributed by atoms with Crippen molar-refractivity contribution in [2.45, 2.75) is 33.1 Å². The standard InChI is InChI=1S/C14H17N5O2.C2H6/c1-10-3-6-14(20)19(10)8-7-11-9-12(16-17-15)4-5-13(11)18(2)21;1-2/h4-5,9,15,21H,1-3,6-8H2;1-2H3/q+2;. The van der Waals surface area contributed by atoms with E-state index in [2.05, 4.69) is 23.3 Å². The Kier molecular flexibility index (Phi) is 6.83. The third-order valence-electron chi connectivity index (χ3n) is 3.42. The summed E-state index contributed by atoms with van der Waals surface area (Å²) in [6.07, 6.45) is 1.72. The lowest BCUT2D eigenvalue weighted by atomic mass is 10.1. The third kappa shape index (κ3) is 4.59. The van der Waals surface area contributed by atoms with Gasteiger partial charge in [0.2, 0.25) is 10.8 Å². The molecule has 1 aromatic carbocycles. The lowest BCUT2D eigenvalue weighted by Gasteiger charge is -2.16. The van der Waals surface area contributed by atoms with Gasteiger partial charge in [-0.25, -0.2) is 0 Å². The number of benzene rings is 1. The summed E-state index contributed by atoms with van der Waals surface area (Å²) in [5.41, 5.74) is 9.38. The fourth-order valence-corrected chi connectivity index (χ4v) is 2.36. The summed E-state index contributed by atoms with van der Waals surface area (Å²) >= 11 is 0. The first-order valence-corrected chi connectivity index (χ1v) is 7.51. The van der Waals surface area contributed by atoms with Gasteiger partial charge in [0.05, 0.1) is 0 Å². The summed E-state index contributed by atoms with van der Waals surface area (Å²) in [6.45, 7) is 11.8. The van der Waals surface area contributed by atoms with E-state index in [1.165, 1.54) is 0 Å². The number of likely N-dealkylation sites (tertiary alicyclic amines) is 1. The number of nitrogens with zero attached hydrogens (tertiary/aromatic N) is 4. The maximum atomic E-state index is 11.7. The van der Waals surface area contributed by atoms with Crippen molar-refractivity contribution >= 4 is 24.0 Å². The summed E-state index contributed by atoms with van der Waals surface area (Å²) in [5, 5.41) is 13.2. The molecule has 0 unspecified atom stereocenters. The normalized spacial score (nSPS) is 13.2. The highest BCUT2D eigenvalue weighted by Crippen LogP contribution is 2.26. The molecule has 0 aromatic heterocycles. The van der Waals surface area contributed by atoms with E-state index in [4.69, 9.17) is 5.53 Å².